The summed E-state index contributed by atoms with van der Waals surface area (Å²) in [7, 11) is 1.55. The van der Waals surface area contributed by atoms with Crippen LogP contribution in [-0.4, -0.2) is 31.7 Å². The minimum absolute atomic E-state index is 0.0178. The van der Waals surface area contributed by atoms with E-state index >= 15 is 0 Å². The molecule has 2 aromatic rings. The van der Waals surface area contributed by atoms with E-state index in [1.165, 1.54) is 30.5 Å². The molecule has 0 aromatic heterocycles. The van der Waals surface area contributed by atoms with E-state index in [0.717, 1.165) is 12.0 Å². The highest BCUT2D eigenvalue weighted by atomic mass is 19.1. The molecule has 29 heavy (non-hydrogen) atoms. The molecule has 0 aliphatic heterocycles. The first-order valence-corrected chi connectivity index (χ1v) is 9.20. The molecule has 0 saturated heterocycles. The number of rotatable bonds is 10. The van der Waals surface area contributed by atoms with Crippen LogP contribution in [0.4, 0.5) is 10.1 Å². The van der Waals surface area contributed by atoms with Crippen LogP contribution in [0.5, 0.6) is 11.5 Å². The molecular formula is C21H24FN3O4. The summed E-state index contributed by atoms with van der Waals surface area (Å²) in [6.07, 6.45) is 2.32. The lowest BCUT2D eigenvalue weighted by molar-refractivity contribution is -0.124. The average Bonchev–Trinajstić information content (AvgIpc) is 2.72. The fourth-order valence-corrected chi connectivity index (χ4v) is 2.31. The molecule has 0 aliphatic carbocycles. The smallest absolute Gasteiger partial charge is 0.240 e. The molecule has 0 heterocycles. The monoisotopic (exact) mass is 401 g/mol. The van der Waals surface area contributed by atoms with Crippen LogP contribution < -0.4 is 20.2 Å². The van der Waals surface area contributed by atoms with Gasteiger partial charge in [-0.2, -0.15) is 5.10 Å². The molecule has 154 valence electrons. The number of carbonyl (C=O) groups excluding carboxylic acids is 2. The number of methoxy groups -OCH3 is 1. The number of nitrogens with zero attached hydrogens (tertiary/aromatic N) is 1. The fraction of sp³-hybridized carbons (Fsp3) is 0.286. The summed E-state index contributed by atoms with van der Waals surface area (Å²) in [5.74, 6) is 0.0865. The predicted octanol–water partition coefficient (Wildman–Crippen LogP) is 3.49. The zero-order chi connectivity index (χ0) is 21.1. The summed E-state index contributed by atoms with van der Waals surface area (Å²) in [6, 6.07) is 10.7. The Morgan fingerprint density at radius 2 is 1.79 bits per heavy atom. The second-order valence-corrected chi connectivity index (χ2v) is 6.11. The lowest BCUT2D eigenvalue weighted by Gasteiger charge is -2.10. The van der Waals surface area contributed by atoms with Gasteiger partial charge in [-0.25, -0.2) is 9.82 Å². The third-order valence-corrected chi connectivity index (χ3v) is 3.76. The van der Waals surface area contributed by atoms with Gasteiger partial charge in [-0.05, 0) is 54.4 Å². The molecule has 0 fully saturated rings. The third kappa shape index (κ3) is 7.61. The van der Waals surface area contributed by atoms with Crippen molar-refractivity contribution < 1.29 is 23.5 Å². The van der Waals surface area contributed by atoms with E-state index in [9.17, 15) is 14.0 Å². The molecule has 2 rings (SSSR count). The Balaban J connectivity index is 1.78. The van der Waals surface area contributed by atoms with Gasteiger partial charge in [0.25, 0.3) is 0 Å². The predicted molar refractivity (Wildman–Crippen MR) is 109 cm³/mol. The van der Waals surface area contributed by atoms with Crippen molar-refractivity contribution in [3.63, 3.8) is 0 Å². The quantitative estimate of drug-likeness (QED) is 0.471. The molecule has 2 N–H and O–H groups in total. The van der Waals surface area contributed by atoms with Gasteiger partial charge in [-0.3, -0.25) is 9.59 Å². The zero-order valence-electron chi connectivity index (χ0n) is 16.4. The van der Waals surface area contributed by atoms with E-state index in [-0.39, 0.29) is 24.6 Å². The van der Waals surface area contributed by atoms with Crippen LogP contribution in [0.2, 0.25) is 0 Å². The molecule has 0 saturated carbocycles. The molecule has 0 atom stereocenters. The second-order valence-electron chi connectivity index (χ2n) is 6.11. The molecule has 2 amide bonds. The number of hydrogen-bond acceptors (Lipinski definition) is 5. The van der Waals surface area contributed by atoms with Crippen LogP contribution in [0.15, 0.2) is 47.6 Å². The van der Waals surface area contributed by atoms with Crippen LogP contribution >= 0.6 is 0 Å². The highest BCUT2D eigenvalue weighted by molar-refractivity contribution is 5.93. The van der Waals surface area contributed by atoms with Crippen molar-refractivity contribution in [2.24, 2.45) is 5.10 Å². The number of benzene rings is 2. The average molecular weight is 401 g/mol. The van der Waals surface area contributed by atoms with Crippen molar-refractivity contribution in [2.45, 2.75) is 26.2 Å². The van der Waals surface area contributed by atoms with Gasteiger partial charge in [0.15, 0.2) is 11.5 Å². The second kappa shape index (κ2) is 11.4. The highest BCUT2D eigenvalue weighted by Gasteiger charge is 2.07. The number of anilines is 1. The van der Waals surface area contributed by atoms with Gasteiger partial charge < -0.3 is 14.8 Å². The number of ether oxygens (including phenoxy) is 2. The summed E-state index contributed by atoms with van der Waals surface area (Å²) < 4.78 is 23.7. The normalized spacial score (nSPS) is 10.6. The standard InChI is InChI=1S/C21H24FN3O4/c1-3-12-29-18-9-4-15(13-19(18)28-2)14-23-25-21(27)11-10-20(26)24-17-7-5-16(22)6-8-17/h4-9,13-14H,3,10-12H2,1-2H3,(H,24,26)(H,25,27)/b23-14-. The third-order valence-electron chi connectivity index (χ3n) is 3.76. The summed E-state index contributed by atoms with van der Waals surface area (Å²) in [4.78, 5) is 23.7. The van der Waals surface area contributed by atoms with E-state index < -0.39 is 5.91 Å². The first-order valence-electron chi connectivity index (χ1n) is 9.20. The molecule has 0 unspecified atom stereocenters. The molecule has 7 nitrogen and oxygen atoms in total. The maximum Gasteiger partial charge on any atom is 0.240 e. The summed E-state index contributed by atoms with van der Waals surface area (Å²) >= 11 is 0. The zero-order valence-corrected chi connectivity index (χ0v) is 16.4. The summed E-state index contributed by atoms with van der Waals surface area (Å²) in [5.41, 5.74) is 3.56. The van der Waals surface area contributed by atoms with Gasteiger partial charge in [-0.1, -0.05) is 6.92 Å². The van der Waals surface area contributed by atoms with Gasteiger partial charge in [0.1, 0.15) is 5.82 Å². The van der Waals surface area contributed by atoms with E-state index in [2.05, 4.69) is 15.8 Å². The van der Waals surface area contributed by atoms with Gasteiger partial charge in [0.05, 0.1) is 19.9 Å². The van der Waals surface area contributed by atoms with Crippen LogP contribution in [0.25, 0.3) is 0 Å². The molecular weight excluding hydrogens is 377 g/mol. The SMILES string of the molecule is CCCOc1ccc(/C=N\NC(=O)CCC(=O)Nc2ccc(F)cc2)cc1OC. The number of hydrazone groups is 1. The topological polar surface area (TPSA) is 89.0 Å². The van der Waals surface area contributed by atoms with Crippen molar-refractivity contribution >= 4 is 23.7 Å². The maximum atomic E-state index is 12.8. The van der Waals surface area contributed by atoms with E-state index in [0.29, 0.717) is 23.8 Å². The van der Waals surface area contributed by atoms with Crippen molar-refractivity contribution in [1.29, 1.82) is 0 Å². The van der Waals surface area contributed by atoms with Crippen molar-refractivity contribution in [3.8, 4) is 11.5 Å². The highest BCUT2D eigenvalue weighted by Crippen LogP contribution is 2.27. The molecule has 0 spiro atoms. The first kappa shape index (κ1) is 21.9. The number of halogens is 1. The molecule has 0 aliphatic rings. The van der Waals surface area contributed by atoms with Gasteiger partial charge in [0.2, 0.25) is 11.8 Å². The molecule has 0 bridgehead atoms. The van der Waals surface area contributed by atoms with Gasteiger partial charge in [-0.15, -0.1) is 0 Å². The molecule has 0 radical (unpaired) electrons. The van der Waals surface area contributed by atoms with Crippen LogP contribution in [-0.2, 0) is 9.59 Å². The van der Waals surface area contributed by atoms with Crippen LogP contribution in [0, 0.1) is 5.82 Å². The number of nitrogens with one attached hydrogen (secondary N) is 2. The van der Waals surface area contributed by atoms with Crippen LogP contribution in [0.1, 0.15) is 31.7 Å². The summed E-state index contributed by atoms with van der Waals surface area (Å²) in [5, 5.41) is 6.48. The Hall–Kier alpha value is -3.42. The largest absolute Gasteiger partial charge is 0.493 e. The van der Waals surface area contributed by atoms with Crippen molar-refractivity contribution in [1.82, 2.24) is 5.43 Å². The number of hydrogen-bond donors (Lipinski definition) is 2. The minimum Gasteiger partial charge on any atom is -0.493 e. The molecule has 8 heteroatoms. The summed E-state index contributed by atoms with van der Waals surface area (Å²) in [6.45, 7) is 2.61. The Labute approximate surface area is 168 Å². The Bertz CT molecular complexity index is 854. The van der Waals surface area contributed by atoms with E-state index in [1.54, 1.807) is 25.3 Å². The van der Waals surface area contributed by atoms with E-state index in [4.69, 9.17) is 9.47 Å². The Kier molecular flexibility index (Phi) is 8.62. The lowest BCUT2D eigenvalue weighted by Crippen LogP contribution is -2.20. The maximum absolute atomic E-state index is 12.8. The van der Waals surface area contributed by atoms with Crippen LogP contribution in [0.3, 0.4) is 0 Å². The van der Waals surface area contributed by atoms with E-state index in [1.807, 2.05) is 6.92 Å². The molecule has 2 aromatic carbocycles. The van der Waals surface area contributed by atoms with Crippen molar-refractivity contribution in [3.05, 3.63) is 53.8 Å². The first-order chi connectivity index (χ1) is 14.0. The van der Waals surface area contributed by atoms with Gasteiger partial charge >= 0.3 is 0 Å². The number of carbonyl (C=O) groups is 2. The fourth-order valence-electron chi connectivity index (χ4n) is 2.31. The Morgan fingerprint density at radius 1 is 1.07 bits per heavy atom. The Morgan fingerprint density at radius 3 is 2.48 bits per heavy atom. The number of amides is 2. The minimum atomic E-state index is -0.398. The lowest BCUT2D eigenvalue weighted by atomic mass is 10.2. The van der Waals surface area contributed by atoms with Gasteiger partial charge in [0, 0.05) is 18.5 Å². The van der Waals surface area contributed by atoms with Crippen molar-refractivity contribution in [2.75, 3.05) is 19.0 Å².